The molecule has 1 fully saturated rings. The van der Waals surface area contributed by atoms with Crippen molar-refractivity contribution in [3.8, 4) is 0 Å². The first-order valence-corrected chi connectivity index (χ1v) is 12.6. The minimum atomic E-state index is -1.94. The summed E-state index contributed by atoms with van der Waals surface area (Å²) in [5, 5.41) is 0.141. The Balaban J connectivity index is 2.07. The Hall–Kier alpha value is -0.943. The minimum absolute atomic E-state index is 0.0225. The van der Waals surface area contributed by atoms with Crippen LogP contribution >= 0.6 is 0 Å². The molecule has 1 aliphatic heterocycles. The van der Waals surface area contributed by atoms with Crippen LogP contribution in [0.1, 0.15) is 52.5 Å². The molecule has 0 radical (unpaired) electrons. The molecule has 3 nitrogen and oxygen atoms in total. The zero-order valence-electron chi connectivity index (χ0n) is 17.4. The van der Waals surface area contributed by atoms with Crippen LogP contribution in [0.2, 0.25) is 18.1 Å². The molecule has 1 heterocycles. The Morgan fingerprint density at radius 2 is 1.85 bits per heavy atom. The normalized spacial score (nSPS) is 24.5. The lowest BCUT2D eigenvalue weighted by Gasteiger charge is -2.44. The van der Waals surface area contributed by atoms with Gasteiger partial charge >= 0.3 is 0 Å². The van der Waals surface area contributed by atoms with E-state index in [9.17, 15) is 0 Å². The van der Waals surface area contributed by atoms with Gasteiger partial charge in [-0.25, -0.2) is 0 Å². The Morgan fingerprint density at radius 1 is 1.19 bits per heavy atom. The first-order chi connectivity index (χ1) is 12.1. The van der Waals surface area contributed by atoms with Crippen molar-refractivity contribution >= 4 is 8.32 Å². The van der Waals surface area contributed by atoms with Gasteiger partial charge in [-0.15, -0.1) is 6.58 Å². The molecule has 2 rings (SSSR count). The van der Waals surface area contributed by atoms with Crippen molar-refractivity contribution in [3.05, 3.63) is 48.0 Å². The molecule has 4 heteroatoms. The van der Waals surface area contributed by atoms with Crippen molar-refractivity contribution in [1.29, 1.82) is 0 Å². The summed E-state index contributed by atoms with van der Waals surface area (Å²) in [5.74, 6) is 0. The monoisotopic (exact) mass is 376 g/mol. The maximum Gasteiger partial charge on any atom is 0.195 e. The number of ether oxygens (including phenoxy) is 2. The van der Waals surface area contributed by atoms with Crippen LogP contribution in [-0.2, 0) is 20.5 Å². The van der Waals surface area contributed by atoms with E-state index in [1.165, 1.54) is 5.56 Å². The van der Waals surface area contributed by atoms with E-state index in [0.29, 0.717) is 6.61 Å². The molecule has 0 unspecified atom stereocenters. The van der Waals surface area contributed by atoms with Crippen LogP contribution in [0.4, 0.5) is 0 Å². The summed E-state index contributed by atoms with van der Waals surface area (Å²) in [4.78, 5) is 0. The Kier molecular flexibility index (Phi) is 7.25. The molecule has 0 aromatic heterocycles. The van der Waals surface area contributed by atoms with E-state index in [0.717, 1.165) is 24.8 Å². The van der Waals surface area contributed by atoms with Crippen LogP contribution < -0.4 is 0 Å². The molecular weight excluding hydrogens is 340 g/mol. The zero-order valence-corrected chi connectivity index (χ0v) is 18.4. The maximum atomic E-state index is 6.62. The maximum absolute atomic E-state index is 6.62. The van der Waals surface area contributed by atoms with Crippen molar-refractivity contribution in [2.75, 3.05) is 0 Å². The van der Waals surface area contributed by atoms with Crippen LogP contribution in [0.3, 0.4) is 0 Å². The van der Waals surface area contributed by atoms with Gasteiger partial charge in [0.05, 0.1) is 12.7 Å². The molecular formula is C22H36O3Si. The van der Waals surface area contributed by atoms with Crippen molar-refractivity contribution in [2.45, 2.75) is 90.2 Å². The molecule has 0 bridgehead atoms. The van der Waals surface area contributed by atoms with E-state index in [1.807, 2.05) is 18.2 Å². The second-order valence-electron chi connectivity index (χ2n) is 9.08. The lowest BCUT2D eigenvalue weighted by atomic mass is 10.0. The van der Waals surface area contributed by atoms with Crippen LogP contribution in [-0.4, -0.2) is 26.8 Å². The Morgan fingerprint density at radius 3 is 2.42 bits per heavy atom. The minimum Gasteiger partial charge on any atom is -0.390 e. The molecule has 1 aromatic rings. The molecule has 1 aliphatic rings. The molecule has 0 saturated carbocycles. The van der Waals surface area contributed by atoms with Crippen molar-refractivity contribution < 1.29 is 13.9 Å². The Labute approximate surface area is 160 Å². The highest BCUT2D eigenvalue weighted by molar-refractivity contribution is 6.74. The number of benzene rings is 1. The first-order valence-electron chi connectivity index (χ1n) is 9.72. The lowest BCUT2D eigenvalue weighted by Crippen LogP contribution is -2.51. The molecule has 0 spiro atoms. The number of rotatable bonds is 7. The van der Waals surface area contributed by atoms with Crippen molar-refractivity contribution in [3.63, 3.8) is 0 Å². The lowest BCUT2D eigenvalue weighted by molar-refractivity contribution is -0.223. The SMILES string of the molecule is C=C(C)C[C@@H]1CC[C@@H](OCc2ccccc2)[C@@H](O[Si](C)(C)C(C)(C)C)O1. The fourth-order valence-corrected chi connectivity index (χ4v) is 4.02. The summed E-state index contributed by atoms with van der Waals surface area (Å²) in [5.41, 5.74) is 2.34. The predicted molar refractivity (Wildman–Crippen MR) is 111 cm³/mol. The molecule has 146 valence electrons. The summed E-state index contributed by atoms with van der Waals surface area (Å²) in [6.45, 7) is 18.0. The van der Waals surface area contributed by atoms with Crippen LogP contribution in [0.25, 0.3) is 0 Å². The molecule has 1 aromatic carbocycles. The van der Waals surface area contributed by atoms with Gasteiger partial charge in [0.25, 0.3) is 0 Å². The van der Waals surface area contributed by atoms with E-state index in [2.05, 4.69) is 59.5 Å². The van der Waals surface area contributed by atoms with E-state index in [-0.39, 0.29) is 23.5 Å². The van der Waals surface area contributed by atoms with Crippen LogP contribution in [0, 0.1) is 0 Å². The smallest absolute Gasteiger partial charge is 0.195 e. The van der Waals surface area contributed by atoms with E-state index < -0.39 is 8.32 Å². The van der Waals surface area contributed by atoms with Gasteiger partial charge in [-0.2, -0.15) is 0 Å². The largest absolute Gasteiger partial charge is 0.390 e. The standard InChI is InChI=1S/C22H36O3Si/c1-17(2)15-19-13-14-20(23-16-18-11-9-8-10-12-18)21(24-19)25-26(6,7)22(3,4)5/h8-12,19-21H,1,13-16H2,2-7H3/t19-,20+,21+/m0/s1. The molecule has 3 atom stereocenters. The summed E-state index contributed by atoms with van der Waals surface area (Å²) < 4.78 is 19.2. The van der Waals surface area contributed by atoms with Gasteiger partial charge in [0.1, 0.15) is 6.10 Å². The highest BCUT2D eigenvalue weighted by Crippen LogP contribution is 2.39. The summed E-state index contributed by atoms with van der Waals surface area (Å²) in [6.07, 6.45) is 2.71. The second-order valence-corrected chi connectivity index (χ2v) is 13.8. The number of hydrogen-bond donors (Lipinski definition) is 0. The summed E-state index contributed by atoms with van der Waals surface area (Å²) in [7, 11) is -1.94. The fraction of sp³-hybridized carbons (Fsp3) is 0.636. The van der Waals surface area contributed by atoms with Gasteiger partial charge in [0, 0.05) is 0 Å². The summed E-state index contributed by atoms with van der Waals surface area (Å²) in [6, 6.07) is 10.3. The quantitative estimate of drug-likeness (QED) is 0.427. The second kappa shape index (κ2) is 8.83. The molecule has 26 heavy (non-hydrogen) atoms. The van der Waals surface area contributed by atoms with E-state index >= 15 is 0 Å². The fourth-order valence-electron chi connectivity index (χ4n) is 2.88. The predicted octanol–water partition coefficient (Wildman–Crippen LogP) is 6.06. The number of hydrogen-bond acceptors (Lipinski definition) is 3. The van der Waals surface area contributed by atoms with Gasteiger partial charge in [0.15, 0.2) is 14.6 Å². The third-order valence-corrected chi connectivity index (χ3v) is 9.94. The highest BCUT2D eigenvalue weighted by Gasteiger charge is 2.43. The average Bonchev–Trinajstić information content (AvgIpc) is 2.53. The molecule has 1 saturated heterocycles. The van der Waals surface area contributed by atoms with Crippen LogP contribution in [0.15, 0.2) is 42.5 Å². The average molecular weight is 377 g/mol. The van der Waals surface area contributed by atoms with Gasteiger partial charge in [-0.05, 0) is 49.9 Å². The van der Waals surface area contributed by atoms with Gasteiger partial charge in [-0.1, -0.05) is 56.7 Å². The molecule has 0 amide bonds. The third kappa shape index (κ3) is 6.05. The van der Waals surface area contributed by atoms with Gasteiger partial charge in [0.2, 0.25) is 0 Å². The first kappa shape index (κ1) is 21.4. The van der Waals surface area contributed by atoms with Crippen molar-refractivity contribution in [2.24, 2.45) is 0 Å². The van der Waals surface area contributed by atoms with Gasteiger partial charge < -0.3 is 13.9 Å². The van der Waals surface area contributed by atoms with E-state index in [1.54, 1.807) is 0 Å². The summed E-state index contributed by atoms with van der Waals surface area (Å²) >= 11 is 0. The van der Waals surface area contributed by atoms with Gasteiger partial charge in [-0.3, -0.25) is 0 Å². The molecule has 0 N–H and O–H groups in total. The van der Waals surface area contributed by atoms with Crippen LogP contribution in [0.5, 0.6) is 0 Å². The zero-order chi connectivity index (χ0) is 19.4. The Bertz CT molecular complexity index is 577. The highest BCUT2D eigenvalue weighted by atomic mass is 28.4. The molecule has 0 aliphatic carbocycles. The van der Waals surface area contributed by atoms with E-state index in [4.69, 9.17) is 13.9 Å². The van der Waals surface area contributed by atoms with Crippen molar-refractivity contribution in [1.82, 2.24) is 0 Å². The third-order valence-electron chi connectivity index (χ3n) is 5.50. The topological polar surface area (TPSA) is 27.7 Å².